The van der Waals surface area contributed by atoms with E-state index in [0.717, 1.165) is 12.8 Å². The van der Waals surface area contributed by atoms with E-state index in [9.17, 15) is 19.5 Å². The van der Waals surface area contributed by atoms with Gasteiger partial charge in [0.1, 0.15) is 6.61 Å². The van der Waals surface area contributed by atoms with Crippen molar-refractivity contribution in [1.82, 2.24) is 10.2 Å². The van der Waals surface area contributed by atoms with E-state index in [2.05, 4.69) is 29.6 Å². The fraction of sp³-hybridized carbons (Fsp3) is 0.464. The Balaban J connectivity index is 1.06. The minimum atomic E-state index is -0.773. The van der Waals surface area contributed by atoms with Crippen molar-refractivity contribution in [2.45, 2.75) is 57.0 Å². The second-order valence-corrected chi connectivity index (χ2v) is 10.2. The zero-order valence-corrected chi connectivity index (χ0v) is 20.0. The molecule has 2 aliphatic carbocycles. The number of hydrogen-bond donors (Lipinski definition) is 2. The summed E-state index contributed by atoms with van der Waals surface area (Å²) in [5, 5.41) is 12.2. The van der Waals surface area contributed by atoms with Gasteiger partial charge in [-0.15, -0.1) is 0 Å². The summed E-state index contributed by atoms with van der Waals surface area (Å²) in [6.07, 6.45) is 2.59. The van der Waals surface area contributed by atoms with Crippen LogP contribution in [-0.2, 0) is 14.3 Å². The summed E-state index contributed by atoms with van der Waals surface area (Å²) in [5.74, 6) is -0.766. The molecule has 7 nitrogen and oxygen atoms in total. The summed E-state index contributed by atoms with van der Waals surface area (Å²) in [6, 6.07) is 16.5. The zero-order chi connectivity index (χ0) is 24.5. The Morgan fingerprint density at radius 2 is 1.63 bits per heavy atom. The van der Waals surface area contributed by atoms with E-state index in [0.29, 0.717) is 32.4 Å². The Kier molecular flexibility index (Phi) is 6.50. The van der Waals surface area contributed by atoms with Crippen LogP contribution in [0.1, 0.15) is 56.1 Å². The number of carboxylic acids is 1. The van der Waals surface area contributed by atoms with Gasteiger partial charge in [0, 0.05) is 31.0 Å². The Bertz CT molecular complexity index is 1080. The minimum Gasteiger partial charge on any atom is -0.481 e. The quantitative estimate of drug-likeness (QED) is 0.644. The van der Waals surface area contributed by atoms with E-state index in [1.165, 1.54) is 22.3 Å². The van der Waals surface area contributed by atoms with Crippen LogP contribution in [0.2, 0.25) is 0 Å². The highest BCUT2D eigenvalue weighted by atomic mass is 16.5. The molecule has 2 amide bonds. The van der Waals surface area contributed by atoms with E-state index in [4.69, 9.17) is 4.74 Å². The van der Waals surface area contributed by atoms with Crippen LogP contribution >= 0.6 is 0 Å². The number of amides is 2. The molecule has 0 radical (unpaired) electrons. The topological polar surface area (TPSA) is 95.9 Å². The van der Waals surface area contributed by atoms with E-state index >= 15 is 0 Å². The Morgan fingerprint density at radius 3 is 2.23 bits per heavy atom. The van der Waals surface area contributed by atoms with Crippen molar-refractivity contribution >= 4 is 18.0 Å². The molecule has 184 valence electrons. The van der Waals surface area contributed by atoms with Gasteiger partial charge in [-0.3, -0.25) is 9.59 Å². The first kappa shape index (κ1) is 23.4. The molecule has 1 saturated heterocycles. The van der Waals surface area contributed by atoms with Crippen LogP contribution in [0.4, 0.5) is 4.79 Å². The molecule has 2 atom stereocenters. The number of fused-ring (bicyclic) bond motifs is 3. The number of likely N-dealkylation sites (tertiary alicyclic amines) is 1. The van der Waals surface area contributed by atoms with Gasteiger partial charge in [-0.2, -0.15) is 0 Å². The van der Waals surface area contributed by atoms with Crippen LogP contribution < -0.4 is 5.32 Å². The largest absolute Gasteiger partial charge is 0.481 e. The number of ether oxygens (including phenoxy) is 1. The predicted octanol–water partition coefficient (Wildman–Crippen LogP) is 4.41. The van der Waals surface area contributed by atoms with Crippen LogP contribution in [0.3, 0.4) is 0 Å². The average Bonchev–Trinajstić information content (AvgIpc) is 3.15. The number of carbonyl (C=O) groups excluding carboxylic acids is 2. The number of rotatable bonds is 6. The first-order valence-corrected chi connectivity index (χ1v) is 12.5. The lowest BCUT2D eigenvalue weighted by Crippen LogP contribution is -2.49. The molecule has 0 aromatic heterocycles. The lowest BCUT2D eigenvalue weighted by atomic mass is 9.77. The molecule has 35 heavy (non-hydrogen) atoms. The molecule has 3 aliphatic rings. The number of carboxylic acid groups (broad SMARTS) is 1. The zero-order valence-electron chi connectivity index (χ0n) is 20.0. The monoisotopic (exact) mass is 476 g/mol. The molecular weight excluding hydrogens is 444 g/mol. The van der Waals surface area contributed by atoms with E-state index < -0.39 is 12.1 Å². The van der Waals surface area contributed by atoms with Crippen molar-refractivity contribution in [1.29, 1.82) is 0 Å². The number of piperidine rings is 1. The van der Waals surface area contributed by atoms with Gasteiger partial charge in [-0.05, 0) is 60.8 Å². The molecule has 0 unspecified atom stereocenters. The van der Waals surface area contributed by atoms with E-state index in [1.807, 2.05) is 36.1 Å². The minimum absolute atomic E-state index is 0.0265. The summed E-state index contributed by atoms with van der Waals surface area (Å²) in [6.45, 7) is 2.72. The normalized spacial score (nSPS) is 25.2. The Labute approximate surface area is 205 Å². The number of benzene rings is 2. The van der Waals surface area contributed by atoms with Crippen molar-refractivity contribution in [2.24, 2.45) is 11.8 Å². The highest BCUT2D eigenvalue weighted by Gasteiger charge is 2.37. The first-order chi connectivity index (χ1) is 16.9. The third-order valence-electron chi connectivity index (χ3n) is 7.91. The molecule has 1 aliphatic heterocycles. The molecule has 2 fully saturated rings. The number of carbonyl (C=O) groups is 3. The molecule has 0 spiro atoms. The van der Waals surface area contributed by atoms with Gasteiger partial charge < -0.3 is 20.1 Å². The van der Waals surface area contributed by atoms with Crippen molar-refractivity contribution in [3.63, 3.8) is 0 Å². The third-order valence-corrected chi connectivity index (χ3v) is 7.91. The molecule has 1 heterocycles. The maximum atomic E-state index is 12.7. The number of nitrogens with zero attached hydrogens (tertiary/aromatic N) is 1. The van der Waals surface area contributed by atoms with Crippen LogP contribution in [-0.4, -0.2) is 53.2 Å². The van der Waals surface area contributed by atoms with Gasteiger partial charge in [0.25, 0.3) is 0 Å². The lowest BCUT2D eigenvalue weighted by Gasteiger charge is -2.40. The van der Waals surface area contributed by atoms with Gasteiger partial charge in [0.05, 0.1) is 5.92 Å². The molecule has 2 aromatic rings. The molecule has 2 N–H and O–H groups in total. The van der Waals surface area contributed by atoms with Crippen molar-refractivity contribution in [3.05, 3.63) is 59.7 Å². The molecule has 7 heteroatoms. The maximum Gasteiger partial charge on any atom is 0.407 e. The molecular formula is C28H32N2O5. The predicted molar refractivity (Wildman–Crippen MR) is 131 cm³/mol. The fourth-order valence-electron chi connectivity index (χ4n) is 5.96. The SMILES string of the molecule is C[C@@H]1C[C@H](C(=O)O)CCN1C(=O)CC1CC(NC(=O)OCC2c3ccccc3-c3ccccc32)C1. The molecule has 2 aromatic carbocycles. The highest BCUT2D eigenvalue weighted by molar-refractivity contribution is 5.79. The van der Waals surface area contributed by atoms with Crippen LogP contribution in [0.25, 0.3) is 11.1 Å². The summed E-state index contributed by atoms with van der Waals surface area (Å²) in [4.78, 5) is 38.3. The van der Waals surface area contributed by atoms with E-state index in [-0.39, 0.29) is 35.7 Å². The molecule has 5 rings (SSSR count). The second-order valence-electron chi connectivity index (χ2n) is 10.2. The summed E-state index contributed by atoms with van der Waals surface area (Å²) < 4.78 is 5.63. The van der Waals surface area contributed by atoms with Gasteiger partial charge in [-0.1, -0.05) is 48.5 Å². The molecule has 1 saturated carbocycles. The number of nitrogens with one attached hydrogen (secondary N) is 1. The summed E-state index contributed by atoms with van der Waals surface area (Å²) in [5.41, 5.74) is 4.77. The van der Waals surface area contributed by atoms with Gasteiger partial charge in [0.15, 0.2) is 0 Å². The van der Waals surface area contributed by atoms with Crippen LogP contribution in [0.15, 0.2) is 48.5 Å². The second kappa shape index (κ2) is 9.72. The Hall–Kier alpha value is -3.35. The van der Waals surface area contributed by atoms with Crippen LogP contribution in [0, 0.1) is 11.8 Å². The summed E-state index contributed by atoms with van der Waals surface area (Å²) >= 11 is 0. The first-order valence-electron chi connectivity index (χ1n) is 12.5. The smallest absolute Gasteiger partial charge is 0.407 e. The average molecular weight is 477 g/mol. The van der Waals surface area contributed by atoms with Crippen molar-refractivity contribution in [2.75, 3.05) is 13.2 Å². The molecule has 0 bridgehead atoms. The fourth-order valence-corrected chi connectivity index (χ4v) is 5.96. The van der Waals surface area contributed by atoms with Gasteiger partial charge in [-0.25, -0.2) is 4.79 Å². The third kappa shape index (κ3) is 4.77. The van der Waals surface area contributed by atoms with E-state index in [1.54, 1.807) is 0 Å². The number of aliphatic carboxylic acids is 1. The van der Waals surface area contributed by atoms with Gasteiger partial charge >= 0.3 is 12.1 Å². The van der Waals surface area contributed by atoms with Gasteiger partial charge in [0.2, 0.25) is 5.91 Å². The lowest BCUT2D eigenvalue weighted by molar-refractivity contribution is -0.148. The summed E-state index contributed by atoms with van der Waals surface area (Å²) in [7, 11) is 0. The maximum absolute atomic E-state index is 12.7. The highest BCUT2D eigenvalue weighted by Crippen LogP contribution is 2.44. The van der Waals surface area contributed by atoms with Crippen LogP contribution in [0.5, 0.6) is 0 Å². The van der Waals surface area contributed by atoms with Crippen molar-refractivity contribution < 1.29 is 24.2 Å². The van der Waals surface area contributed by atoms with Crippen molar-refractivity contribution in [3.8, 4) is 11.1 Å². The number of alkyl carbamates (subject to hydrolysis) is 1. The Morgan fingerprint density at radius 1 is 1.00 bits per heavy atom. The number of hydrogen-bond acceptors (Lipinski definition) is 4. The standard InChI is InChI=1S/C28H32N2O5/c1-17-12-19(27(32)33)10-11-30(17)26(31)15-18-13-20(14-18)29-28(34)35-16-25-23-8-4-2-6-21(23)22-7-3-5-9-24(22)25/h2-9,17-20,25H,10-16H2,1H3,(H,29,34)(H,32,33)/t17-,18?,19-,20?/m1/s1.